The molecule has 2 unspecified atom stereocenters. The second kappa shape index (κ2) is 13.6. The number of nitrogens with zero attached hydrogens (tertiary/aromatic N) is 3. The third-order valence-electron chi connectivity index (χ3n) is 9.85. The van der Waals surface area contributed by atoms with Gasteiger partial charge in [-0.1, -0.05) is 57.2 Å². The zero-order valence-corrected chi connectivity index (χ0v) is 28.6. The molecule has 2 saturated carbocycles. The van der Waals surface area contributed by atoms with Gasteiger partial charge in [0.15, 0.2) is 0 Å². The lowest BCUT2D eigenvalue weighted by Gasteiger charge is -2.38. The molecule has 0 spiro atoms. The first-order valence-corrected chi connectivity index (χ1v) is 17.9. The second-order valence-corrected chi connectivity index (χ2v) is 16.3. The average Bonchev–Trinajstić information content (AvgIpc) is 3.96. The Morgan fingerprint density at radius 2 is 1.74 bits per heavy atom. The van der Waals surface area contributed by atoms with Crippen LogP contribution in [0.4, 0.5) is 4.79 Å². The Balaban J connectivity index is 1.34. The van der Waals surface area contributed by atoms with Crippen LogP contribution in [0.2, 0.25) is 0 Å². The fourth-order valence-corrected chi connectivity index (χ4v) is 8.07. The first-order chi connectivity index (χ1) is 22.2. The van der Waals surface area contributed by atoms with Gasteiger partial charge in [-0.05, 0) is 36.7 Å². The standard InChI is InChI=1S/C33H48N6O7S/c1-6-23-19-33(23,30(42)36-47(44,45)25-12-13-25)35-28(40)26-18-24(21-39(26)29(41)27(32(2,3)4)34-31(43)46-5)38-16-14-37(15-17-38)20-22-10-8-7-9-11-22/h6-11,23-27H,1,12-21H2,2-5H3,(H,34,43)(H,35,40)(H,36,42)/t23?,24-,26+,27-,33?/m1/s1. The number of likely N-dealkylation sites (tertiary alicyclic amines) is 1. The lowest BCUT2D eigenvalue weighted by molar-refractivity contribution is -0.142. The van der Waals surface area contributed by atoms with E-state index in [0.717, 1.165) is 32.7 Å². The van der Waals surface area contributed by atoms with Gasteiger partial charge in [-0.15, -0.1) is 6.58 Å². The molecule has 0 aromatic heterocycles. The normalized spacial score (nSPS) is 27.4. The van der Waals surface area contributed by atoms with Crippen molar-refractivity contribution in [2.45, 2.75) is 81.9 Å². The van der Waals surface area contributed by atoms with Gasteiger partial charge in [0, 0.05) is 51.2 Å². The molecule has 2 saturated heterocycles. The minimum Gasteiger partial charge on any atom is -0.453 e. The van der Waals surface area contributed by atoms with E-state index in [0.29, 0.717) is 19.3 Å². The Bertz CT molecular complexity index is 1470. The van der Waals surface area contributed by atoms with Gasteiger partial charge in [-0.3, -0.25) is 28.9 Å². The Kier molecular flexibility index (Phi) is 10.0. The van der Waals surface area contributed by atoms with Crippen molar-refractivity contribution in [1.29, 1.82) is 0 Å². The third-order valence-corrected chi connectivity index (χ3v) is 11.7. The summed E-state index contributed by atoms with van der Waals surface area (Å²) in [6.07, 6.45) is 2.28. The molecule has 2 aliphatic heterocycles. The average molecular weight is 673 g/mol. The van der Waals surface area contributed by atoms with Crippen LogP contribution in [0.5, 0.6) is 0 Å². The fourth-order valence-electron chi connectivity index (χ4n) is 6.71. The third kappa shape index (κ3) is 7.81. The lowest BCUT2D eigenvalue weighted by Crippen LogP contribution is -2.60. The molecular formula is C33H48N6O7S. The van der Waals surface area contributed by atoms with Gasteiger partial charge < -0.3 is 20.3 Å². The monoisotopic (exact) mass is 672 g/mol. The van der Waals surface area contributed by atoms with E-state index in [2.05, 4.69) is 43.9 Å². The molecule has 1 aromatic carbocycles. The molecule has 5 atom stereocenters. The smallest absolute Gasteiger partial charge is 0.407 e. The van der Waals surface area contributed by atoms with Gasteiger partial charge in [0.1, 0.15) is 17.6 Å². The molecule has 1 aromatic rings. The topological polar surface area (TPSA) is 157 Å². The summed E-state index contributed by atoms with van der Waals surface area (Å²) in [4.78, 5) is 60.2. The number of carbonyl (C=O) groups is 4. The van der Waals surface area contributed by atoms with Crippen LogP contribution in [0.25, 0.3) is 0 Å². The number of benzene rings is 1. The summed E-state index contributed by atoms with van der Waals surface area (Å²) in [5.74, 6) is -2.22. The van der Waals surface area contributed by atoms with Crippen LogP contribution in [0.15, 0.2) is 43.0 Å². The number of ether oxygens (including phenoxy) is 1. The summed E-state index contributed by atoms with van der Waals surface area (Å²) in [7, 11) is -2.62. The summed E-state index contributed by atoms with van der Waals surface area (Å²) < 4.78 is 32.2. The zero-order chi connectivity index (χ0) is 34.1. The number of sulfonamides is 1. The van der Waals surface area contributed by atoms with E-state index in [1.54, 1.807) is 0 Å². The lowest BCUT2D eigenvalue weighted by atomic mass is 9.85. The molecular weight excluding hydrogens is 624 g/mol. The number of amides is 4. The van der Waals surface area contributed by atoms with E-state index in [4.69, 9.17) is 4.74 Å². The highest BCUT2D eigenvalue weighted by atomic mass is 32.2. The van der Waals surface area contributed by atoms with Gasteiger partial charge in [0.25, 0.3) is 5.91 Å². The molecule has 4 aliphatic rings. The molecule has 4 fully saturated rings. The maximum atomic E-state index is 14.2. The van der Waals surface area contributed by atoms with Crippen LogP contribution in [0.3, 0.4) is 0 Å². The highest BCUT2D eigenvalue weighted by molar-refractivity contribution is 7.91. The number of hydrogen-bond acceptors (Lipinski definition) is 9. The summed E-state index contributed by atoms with van der Waals surface area (Å²) in [5, 5.41) is 4.90. The van der Waals surface area contributed by atoms with Crippen molar-refractivity contribution < 1.29 is 32.3 Å². The number of carbonyl (C=O) groups excluding carboxylic acids is 4. The number of rotatable bonds is 11. The molecule has 258 valence electrons. The number of hydrogen-bond donors (Lipinski definition) is 3. The second-order valence-electron chi connectivity index (χ2n) is 14.3. The van der Waals surface area contributed by atoms with Crippen LogP contribution in [-0.2, 0) is 35.7 Å². The van der Waals surface area contributed by atoms with Gasteiger partial charge in [0.05, 0.1) is 12.4 Å². The molecule has 2 heterocycles. The molecule has 5 rings (SSSR count). The quantitative estimate of drug-likeness (QED) is 0.294. The maximum absolute atomic E-state index is 14.2. The number of nitrogens with one attached hydrogen (secondary N) is 3. The van der Waals surface area contributed by atoms with E-state index in [1.807, 2.05) is 39.0 Å². The maximum Gasteiger partial charge on any atom is 0.407 e. The highest BCUT2D eigenvalue weighted by Gasteiger charge is 2.62. The molecule has 13 nitrogen and oxygen atoms in total. The summed E-state index contributed by atoms with van der Waals surface area (Å²) in [5.41, 5.74) is -0.942. The molecule has 47 heavy (non-hydrogen) atoms. The van der Waals surface area contributed by atoms with Crippen molar-refractivity contribution in [3.05, 3.63) is 48.6 Å². The molecule has 0 bridgehead atoms. The number of alkyl carbamates (subject to hydrolysis) is 1. The highest BCUT2D eigenvalue weighted by Crippen LogP contribution is 2.45. The Morgan fingerprint density at radius 3 is 2.30 bits per heavy atom. The van der Waals surface area contributed by atoms with E-state index < -0.39 is 68.0 Å². The SMILES string of the molecule is C=CC1CC1(NC(=O)[C@@H]1C[C@@H](N2CCN(Cc3ccccc3)CC2)CN1C(=O)[C@@H](NC(=O)OC)C(C)(C)C)C(=O)NS(=O)(=O)C1CC1. The predicted octanol–water partition coefficient (Wildman–Crippen LogP) is 1.21. The van der Waals surface area contributed by atoms with Crippen LogP contribution in [0, 0.1) is 11.3 Å². The van der Waals surface area contributed by atoms with Crippen LogP contribution in [-0.4, -0.2) is 116 Å². The van der Waals surface area contributed by atoms with Gasteiger partial charge in [-0.2, -0.15) is 0 Å². The van der Waals surface area contributed by atoms with Crippen molar-refractivity contribution in [2.75, 3.05) is 39.8 Å². The molecule has 14 heteroatoms. The Labute approximate surface area is 277 Å². The Hall–Kier alpha value is -3.49. The van der Waals surface area contributed by atoms with E-state index in [-0.39, 0.29) is 19.0 Å². The molecule has 3 N–H and O–H groups in total. The van der Waals surface area contributed by atoms with E-state index in [1.165, 1.54) is 23.6 Å². The zero-order valence-electron chi connectivity index (χ0n) is 27.7. The number of methoxy groups -OCH3 is 1. The molecule has 0 radical (unpaired) electrons. The predicted molar refractivity (Wildman–Crippen MR) is 175 cm³/mol. The van der Waals surface area contributed by atoms with Gasteiger partial charge in [0.2, 0.25) is 21.8 Å². The van der Waals surface area contributed by atoms with E-state index in [9.17, 15) is 27.6 Å². The number of piperazine rings is 1. The largest absolute Gasteiger partial charge is 0.453 e. The summed E-state index contributed by atoms with van der Waals surface area (Å²) in [6, 6.07) is 8.19. The Morgan fingerprint density at radius 1 is 1.09 bits per heavy atom. The van der Waals surface area contributed by atoms with Crippen molar-refractivity contribution >= 4 is 33.8 Å². The minimum absolute atomic E-state index is 0.137. The van der Waals surface area contributed by atoms with Crippen LogP contribution < -0.4 is 15.4 Å². The van der Waals surface area contributed by atoms with Crippen LogP contribution in [0.1, 0.15) is 52.0 Å². The van der Waals surface area contributed by atoms with Gasteiger partial charge >= 0.3 is 6.09 Å². The summed E-state index contributed by atoms with van der Waals surface area (Å²) >= 11 is 0. The van der Waals surface area contributed by atoms with Crippen molar-refractivity contribution in [2.24, 2.45) is 11.3 Å². The minimum atomic E-state index is -3.84. The van der Waals surface area contributed by atoms with Gasteiger partial charge in [-0.25, -0.2) is 13.2 Å². The van der Waals surface area contributed by atoms with Crippen molar-refractivity contribution in [1.82, 2.24) is 30.1 Å². The molecule has 4 amide bonds. The van der Waals surface area contributed by atoms with Crippen molar-refractivity contribution in [3.63, 3.8) is 0 Å². The van der Waals surface area contributed by atoms with Crippen LogP contribution >= 0.6 is 0 Å². The van der Waals surface area contributed by atoms with E-state index >= 15 is 0 Å². The summed E-state index contributed by atoms with van der Waals surface area (Å²) in [6.45, 7) is 13.5. The first-order valence-electron chi connectivity index (χ1n) is 16.3. The molecule has 2 aliphatic carbocycles. The van der Waals surface area contributed by atoms with Crippen molar-refractivity contribution in [3.8, 4) is 0 Å². The first kappa shape index (κ1) is 34.8. The fraction of sp³-hybridized carbons (Fsp3) is 0.636.